The molecule has 0 radical (unpaired) electrons. The van der Waals surface area contributed by atoms with Gasteiger partial charge in [0.25, 0.3) is 5.69 Å². The van der Waals surface area contributed by atoms with E-state index >= 15 is 0 Å². The standard InChI is InChI=1S/C11H15BrN2O3/c1-2-3-4-10(13)8-5-7(14(16)17)6-9(12)11(8)15/h5-6,10,15H,2-4,13H2,1H3/t10-/m1/s1. The van der Waals surface area contributed by atoms with E-state index in [1.165, 1.54) is 12.1 Å². The summed E-state index contributed by atoms with van der Waals surface area (Å²) in [5.41, 5.74) is 6.26. The maximum Gasteiger partial charge on any atom is 0.271 e. The number of aromatic hydroxyl groups is 1. The van der Waals surface area contributed by atoms with Crippen LogP contribution in [0.4, 0.5) is 5.69 Å². The highest BCUT2D eigenvalue weighted by atomic mass is 79.9. The zero-order valence-electron chi connectivity index (χ0n) is 9.52. The summed E-state index contributed by atoms with van der Waals surface area (Å²) >= 11 is 3.09. The van der Waals surface area contributed by atoms with Gasteiger partial charge in [-0.15, -0.1) is 0 Å². The molecule has 1 atom stereocenters. The minimum absolute atomic E-state index is 0.0146. The van der Waals surface area contributed by atoms with Crippen molar-refractivity contribution in [3.8, 4) is 5.75 Å². The Balaban J connectivity index is 3.08. The molecule has 1 aromatic rings. The van der Waals surface area contributed by atoms with Crippen molar-refractivity contribution in [2.75, 3.05) is 0 Å². The van der Waals surface area contributed by atoms with Gasteiger partial charge in [0.05, 0.1) is 9.40 Å². The molecular formula is C11H15BrN2O3. The second-order valence-electron chi connectivity index (χ2n) is 3.87. The number of phenolic OH excluding ortho intramolecular Hbond substituents is 1. The molecular weight excluding hydrogens is 288 g/mol. The van der Waals surface area contributed by atoms with Gasteiger partial charge in [0, 0.05) is 23.7 Å². The molecule has 0 aromatic heterocycles. The number of nitrogens with zero attached hydrogens (tertiary/aromatic N) is 1. The zero-order chi connectivity index (χ0) is 13.0. The Morgan fingerprint density at radius 2 is 2.24 bits per heavy atom. The summed E-state index contributed by atoms with van der Waals surface area (Å²) in [6.45, 7) is 2.04. The third kappa shape index (κ3) is 3.41. The molecule has 94 valence electrons. The van der Waals surface area contributed by atoms with E-state index in [1.807, 2.05) is 6.92 Å². The molecule has 0 heterocycles. The molecule has 5 nitrogen and oxygen atoms in total. The van der Waals surface area contributed by atoms with Gasteiger partial charge in [0.2, 0.25) is 0 Å². The van der Waals surface area contributed by atoms with Gasteiger partial charge in [-0.1, -0.05) is 19.8 Å². The van der Waals surface area contributed by atoms with E-state index in [-0.39, 0.29) is 17.5 Å². The van der Waals surface area contributed by atoms with Crippen molar-refractivity contribution in [3.05, 3.63) is 32.3 Å². The number of nitro benzene ring substituents is 1. The number of hydrogen-bond acceptors (Lipinski definition) is 4. The molecule has 0 fully saturated rings. The van der Waals surface area contributed by atoms with E-state index in [4.69, 9.17) is 5.73 Å². The number of benzene rings is 1. The minimum Gasteiger partial charge on any atom is -0.506 e. The highest BCUT2D eigenvalue weighted by Gasteiger charge is 2.18. The van der Waals surface area contributed by atoms with Crippen LogP contribution in [0.15, 0.2) is 16.6 Å². The minimum atomic E-state index is -0.500. The average molecular weight is 303 g/mol. The highest BCUT2D eigenvalue weighted by Crippen LogP contribution is 2.36. The number of non-ortho nitro benzene ring substituents is 1. The van der Waals surface area contributed by atoms with E-state index in [9.17, 15) is 15.2 Å². The van der Waals surface area contributed by atoms with Crippen LogP contribution in [0.3, 0.4) is 0 Å². The molecule has 0 bridgehead atoms. The highest BCUT2D eigenvalue weighted by molar-refractivity contribution is 9.10. The normalized spacial score (nSPS) is 12.4. The molecule has 0 aliphatic rings. The van der Waals surface area contributed by atoms with Crippen LogP contribution in [-0.2, 0) is 0 Å². The lowest BCUT2D eigenvalue weighted by Gasteiger charge is -2.13. The third-order valence-electron chi connectivity index (χ3n) is 2.56. The fraction of sp³-hybridized carbons (Fsp3) is 0.455. The first-order chi connectivity index (χ1) is 7.97. The molecule has 6 heteroatoms. The molecule has 0 saturated carbocycles. The van der Waals surface area contributed by atoms with Crippen LogP contribution < -0.4 is 5.73 Å². The van der Waals surface area contributed by atoms with Crippen LogP contribution in [-0.4, -0.2) is 10.0 Å². The first-order valence-corrected chi connectivity index (χ1v) is 6.19. The first kappa shape index (κ1) is 13.9. The van der Waals surface area contributed by atoms with Gasteiger partial charge >= 0.3 is 0 Å². The van der Waals surface area contributed by atoms with Crippen LogP contribution in [0, 0.1) is 10.1 Å². The fourth-order valence-electron chi connectivity index (χ4n) is 1.57. The smallest absolute Gasteiger partial charge is 0.271 e. The Kier molecular flexibility index (Phi) is 4.89. The Bertz CT molecular complexity index is 423. The van der Waals surface area contributed by atoms with E-state index in [2.05, 4.69) is 15.9 Å². The van der Waals surface area contributed by atoms with Crippen LogP contribution in [0.25, 0.3) is 0 Å². The Morgan fingerprint density at radius 1 is 1.59 bits per heavy atom. The lowest BCUT2D eigenvalue weighted by Crippen LogP contribution is -2.11. The van der Waals surface area contributed by atoms with Gasteiger partial charge in [-0.25, -0.2) is 0 Å². The first-order valence-electron chi connectivity index (χ1n) is 5.39. The van der Waals surface area contributed by atoms with Crippen molar-refractivity contribution < 1.29 is 10.0 Å². The molecule has 3 N–H and O–H groups in total. The van der Waals surface area contributed by atoms with Crippen LogP contribution in [0.2, 0.25) is 0 Å². The van der Waals surface area contributed by atoms with Crippen molar-refractivity contribution >= 4 is 21.6 Å². The van der Waals surface area contributed by atoms with Crippen LogP contribution >= 0.6 is 15.9 Å². The molecule has 1 rings (SSSR count). The number of rotatable bonds is 5. The topological polar surface area (TPSA) is 89.4 Å². The van der Waals surface area contributed by atoms with Crippen molar-refractivity contribution in [2.24, 2.45) is 5.73 Å². The molecule has 0 saturated heterocycles. The van der Waals surface area contributed by atoms with Crippen molar-refractivity contribution in [1.29, 1.82) is 0 Å². The van der Waals surface area contributed by atoms with Gasteiger partial charge < -0.3 is 10.8 Å². The summed E-state index contributed by atoms with van der Waals surface area (Å²) in [5.74, 6) is -0.0146. The summed E-state index contributed by atoms with van der Waals surface area (Å²) in [6.07, 6.45) is 2.60. The Labute approximate surface area is 108 Å². The molecule has 0 aliphatic carbocycles. The van der Waals surface area contributed by atoms with Gasteiger partial charge in [0.1, 0.15) is 5.75 Å². The van der Waals surface area contributed by atoms with Crippen molar-refractivity contribution in [2.45, 2.75) is 32.2 Å². The van der Waals surface area contributed by atoms with Crippen LogP contribution in [0.5, 0.6) is 5.75 Å². The summed E-state index contributed by atoms with van der Waals surface area (Å²) < 4.78 is 0.300. The van der Waals surface area contributed by atoms with Crippen molar-refractivity contribution in [3.63, 3.8) is 0 Å². The molecule has 17 heavy (non-hydrogen) atoms. The maximum atomic E-state index is 10.7. The molecule has 0 spiro atoms. The zero-order valence-corrected chi connectivity index (χ0v) is 11.1. The van der Waals surface area contributed by atoms with Gasteiger partial charge in [0.15, 0.2) is 0 Å². The van der Waals surface area contributed by atoms with Crippen molar-refractivity contribution in [1.82, 2.24) is 0 Å². The largest absolute Gasteiger partial charge is 0.506 e. The van der Waals surface area contributed by atoms with E-state index in [1.54, 1.807) is 0 Å². The monoisotopic (exact) mass is 302 g/mol. The third-order valence-corrected chi connectivity index (χ3v) is 3.16. The second-order valence-corrected chi connectivity index (χ2v) is 4.73. The maximum absolute atomic E-state index is 10.7. The number of phenols is 1. The van der Waals surface area contributed by atoms with E-state index < -0.39 is 4.92 Å². The lowest BCUT2D eigenvalue weighted by atomic mass is 10.0. The molecule has 0 aliphatic heterocycles. The number of nitro groups is 1. The van der Waals surface area contributed by atoms with Gasteiger partial charge in [-0.3, -0.25) is 10.1 Å². The summed E-state index contributed by atoms with van der Waals surface area (Å²) in [5, 5.41) is 20.5. The average Bonchev–Trinajstić information content (AvgIpc) is 2.29. The molecule has 1 aromatic carbocycles. The number of hydrogen-bond donors (Lipinski definition) is 2. The predicted octanol–water partition coefficient (Wildman–Crippen LogP) is 3.25. The Hall–Kier alpha value is -1.14. The van der Waals surface area contributed by atoms with Gasteiger partial charge in [-0.05, 0) is 22.4 Å². The lowest BCUT2D eigenvalue weighted by molar-refractivity contribution is -0.385. The summed E-state index contributed by atoms with van der Waals surface area (Å²) in [4.78, 5) is 10.2. The summed E-state index contributed by atoms with van der Waals surface area (Å²) in [6, 6.07) is 2.22. The van der Waals surface area contributed by atoms with Gasteiger partial charge in [-0.2, -0.15) is 0 Å². The summed E-state index contributed by atoms with van der Waals surface area (Å²) in [7, 11) is 0. The molecule has 0 amide bonds. The number of nitrogens with two attached hydrogens (primary N) is 1. The van der Waals surface area contributed by atoms with E-state index in [0.29, 0.717) is 16.5 Å². The number of halogens is 1. The van der Waals surface area contributed by atoms with E-state index in [0.717, 1.165) is 12.8 Å². The quantitative estimate of drug-likeness (QED) is 0.645. The SMILES string of the molecule is CCCC[C@@H](N)c1cc([N+](=O)[O-])cc(Br)c1O. The fourth-order valence-corrected chi connectivity index (χ4v) is 2.04. The molecule has 0 unspecified atom stereocenters. The number of unbranched alkanes of at least 4 members (excludes halogenated alkanes) is 1. The Morgan fingerprint density at radius 3 is 2.76 bits per heavy atom. The second kappa shape index (κ2) is 5.97. The van der Waals surface area contributed by atoms with Crippen LogP contribution in [0.1, 0.15) is 37.8 Å². The predicted molar refractivity (Wildman–Crippen MR) is 68.9 cm³/mol.